The van der Waals surface area contributed by atoms with Crippen LogP contribution in [0, 0.1) is 0 Å². The van der Waals surface area contributed by atoms with Crippen molar-refractivity contribution in [2.75, 3.05) is 24.6 Å². The summed E-state index contributed by atoms with van der Waals surface area (Å²) in [4.78, 5) is 0. The van der Waals surface area contributed by atoms with Gasteiger partial charge in [0.05, 0.1) is 0 Å². The minimum absolute atomic E-state index is 0.00803. The molecule has 5 nitrogen and oxygen atoms in total. The van der Waals surface area contributed by atoms with Crippen molar-refractivity contribution in [1.29, 1.82) is 0 Å². The van der Waals surface area contributed by atoms with Gasteiger partial charge in [0.1, 0.15) is 0 Å². The van der Waals surface area contributed by atoms with Gasteiger partial charge in [-0.05, 0) is 0 Å². The summed E-state index contributed by atoms with van der Waals surface area (Å²) in [6.45, 7) is 2.32. The van der Waals surface area contributed by atoms with Crippen LogP contribution in [-0.4, -0.2) is 56.0 Å². The van der Waals surface area contributed by atoms with Crippen molar-refractivity contribution in [2.45, 2.75) is 44.6 Å². The molecule has 0 saturated carbocycles. The summed E-state index contributed by atoms with van der Waals surface area (Å²) in [5.74, 6) is 0. The summed E-state index contributed by atoms with van der Waals surface area (Å²) in [5.41, 5.74) is -12.4. The third-order valence-electron chi connectivity index (χ3n) is 5.04. The molecule has 0 rings (SSSR count). The van der Waals surface area contributed by atoms with E-state index in [2.05, 4.69) is 6.58 Å². The Morgan fingerprint density at radius 3 is 1.41 bits per heavy atom. The predicted octanol–water partition coefficient (Wildman–Crippen LogP) is 4.48. The van der Waals surface area contributed by atoms with Crippen molar-refractivity contribution >= 4 is 26.8 Å². The Balaban J connectivity index is 7.31. The van der Waals surface area contributed by atoms with Gasteiger partial charge in [-0.1, -0.05) is 0 Å². The third-order valence-corrected chi connectivity index (χ3v) is 19.5. The van der Waals surface area contributed by atoms with E-state index in [1.807, 2.05) is 0 Å². The fourth-order valence-electron chi connectivity index (χ4n) is 3.13. The molecule has 0 aliphatic rings. The first kappa shape index (κ1) is 26.6. The standard InChI is InChI=1S/C13H24F6NO4PS2/c1-5-9-10-11-25(6-2,7-3,8-4)20(26(21,22)12(14,15)16)27(23,24)13(17,18)19/h5H,1,6-11H2,2-4H3. The SMILES string of the molecule is C=CCCCP(CC)(CC)(CC)N(S(=O)(=O)C(F)(F)F)S(=O)(=O)C(F)(F)F. The Kier molecular flexibility index (Phi) is 8.04. The number of rotatable bonds is 10. The fourth-order valence-corrected chi connectivity index (χ4v) is 17.2. The first-order chi connectivity index (χ1) is 11.9. The van der Waals surface area contributed by atoms with Gasteiger partial charge in [0.2, 0.25) is 0 Å². The van der Waals surface area contributed by atoms with E-state index in [4.69, 9.17) is 0 Å². The fraction of sp³-hybridized carbons (Fsp3) is 0.846. The van der Waals surface area contributed by atoms with Crippen molar-refractivity contribution < 1.29 is 43.2 Å². The zero-order valence-corrected chi connectivity index (χ0v) is 17.7. The molecule has 0 amide bonds. The molecule has 0 aromatic rings. The van der Waals surface area contributed by atoms with E-state index in [1.54, 1.807) is 0 Å². The molecule has 0 aromatic carbocycles. The number of halogens is 6. The zero-order chi connectivity index (χ0) is 22.0. The molecule has 0 aromatic heterocycles. The van der Waals surface area contributed by atoms with E-state index in [0.717, 1.165) is 0 Å². The Morgan fingerprint density at radius 2 is 1.19 bits per heavy atom. The van der Waals surface area contributed by atoms with E-state index in [-0.39, 0.29) is 12.8 Å². The van der Waals surface area contributed by atoms with Crippen LogP contribution in [0.2, 0.25) is 0 Å². The van der Waals surface area contributed by atoms with Gasteiger partial charge >= 0.3 is 155 Å². The molecule has 0 spiro atoms. The molecule has 0 radical (unpaired) electrons. The van der Waals surface area contributed by atoms with E-state index in [0.29, 0.717) is 0 Å². The second-order valence-electron chi connectivity index (χ2n) is 6.09. The monoisotopic (exact) mass is 467 g/mol. The third kappa shape index (κ3) is 4.45. The molecule has 0 atom stereocenters. The van der Waals surface area contributed by atoms with Gasteiger partial charge in [-0.3, -0.25) is 0 Å². The molecule has 0 unspecified atom stereocenters. The molecular formula is C13H24F6NO4PS2. The van der Waals surface area contributed by atoms with Crippen LogP contribution in [0.15, 0.2) is 12.7 Å². The molecule has 14 heteroatoms. The first-order valence-corrected chi connectivity index (χ1v) is 13.8. The molecule has 0 fully saturated rings. The Labute approximate surface area is 155 Å². The van der Waals surface area contributed by atoms with Gasteiger partial charge in [0.25, 0.3) is 0 Å². The summed E-state index contributed by atoms with van der Waals surface area (Å²) in [6, 6.07) is 0. The second-order valence-corrected chi connectivity index (χ2v) is 17.0. The average Bonchev–Trinajstić information content (AvgIpc) is 2.51. The predicted molar refractivity (Wildman–Crippen MR) is 94.6 cm³/mol. The number of nitrogens with zero attached hydrogens (tertiary/aromatic N) is 1. The summed E-state index contributed by atoms with van der Waals surface area (Å²) in [5, 5.41) is 0. The number of sulfonamides is 2. The van der Waals surface area contributed by atoms with Crippen LogP contribution in [0.4, 0.5) is 26.3 Å². The van der Waals surface area contributed by atoms with Crippen LogP contribution in [-0.2, 0) is 20.0 Å². The quantitative estimate of drug-likeness (QED) is 0.206. The average molecular weight is 467 g/mol. The Bertz CT molecular complexity index is 687. The maximum atomic E-state index is 13.2. The summed E-state index contributed by atoms with van der Waals surface area (Å²) in [6.07, 6.45) is -0.169. The van der Waals surface area contributed by atoms with E-state index in [1.165, 1.54) is 26.8 Å². The number of hydrogen-bond donors (Lipinski definition) is 0. The molecular weight excluding hydrogens is 443 g/mol. The zero-order valence-electron chi connectivity index (χ0n) is 15.1. The van der Waals surface area contributed by atoms with Gasteiger partial charge in [-0.25, -0.2) is 0 Å². The molecule has 0 N–H and O–H groups in total. The van der Waals surface area contributed by atoms with Gasteiger partial charge in [0.15, 0.2) is 0 Å². The van der Waals surface area contributed by atoms with E-state index >= 15 is 0 Å². The number of alkyl halides is 6. The van der Waals surface area contributed by atoms with Crippen LogP contribution in [0.3, 0.4) is 0 Å². The maximum absolute atomic E-state index is 13.2. The molecule has 0 bridgehead atoms. The molecule has 27 heavy (non-hydrogen) atoms. The van der Waals surface area contributed by atoms with Crippen LogP contribution < -0.4 is 0 Å². The topological polar surface area (TPSA) is 71.5 Å². The molecule has 0 saturated heterocycles. The molecule has 0 aliphatic heterocycles. The second kappa shape index (κ2) is 8.16. The van der Waals surface area contributed by atoms with Crippen molar-refractivity contribution in [1.82, 2.24) is 3.48 Å². The number of allylic oxidation sites excluding steroid dienone is 1. The van der Waals surface area contributed by atoms with Crippen molar-refractivity contribution in [3.05, 3.63) is 12.7 Å². The number of hydrogen-bond acceptors (Lipinski definition) is 4. The van der Waals surface area contributed by atoms with Gasteiger partial charge < -0.3 is 0 Å². The van der Waals surface area contributed by atoms with Gasteiger partial charge in [-0.15, -0.1) is 0 Å². The van der Waals surface area contributed by atoms with E-state index < -0.39 is 65.9 Å². The van der Waals surface area contributed by atoms with Gasteiger partial charge in [0, 0.05) is 0 Å². The Hall–Kier alpha value is -0.390. The summed E-state index contributed by atoms with van der Waals surface area (Å²) < 4.78 is 127. The molecule has 0 aliphatic carbocycles. The van der Waals surface area contributed by atoms with Gasteiger partial charge in [-0.2, -0.15) is 0 Å². The summed E-state index contributed by atoms with van der Waals surface area (Å²) >= 11 is 0. The number of unbranched alkanes of at least 4 members (excludes halogenated alkanes) is 1. The normalized spacial score (nSPS) is 16.1. The van der Waals surface area contributed by atoms with Crippen molar-refractivity contribution in [3.8, 4) is 0 Å². The van der Waals surface area contributed by atoms with Crippen LogP contribution >= 0.6 is 6.75 Å². The minimum atomic E-state index is -6.81. The molecule has 164 valence electrons. The molecule has 0 heterocycles. The van der Waals surface area contributed by atoms with E-state index in [9.17, 15) is 43.2 Å². The van der Waals surface area contributed by atoms with Crippen molar-refractivity contribution in [3.63, 3.8) is 0 Å². The summed E-state index contributed by atoms with van der Waals surface area (Å²) in [7, 11) is -13.6. The van der Waals surface area contributed by atoms with Crippen molar-refractivity contribution in [2.24, 2.45) is 0 Å². The Morgan fingerprint density at radius 1 is 0.852 bits per heavy atom. The first-order valence-electron chi connectivity index (χ1n) is 7.98. The van der Waals surface area contributed by atoms with Crippen LogP contribution in [0.1, 0.15) is 33.6 Å². The van der Waals surface area contributed by atoms with Crippen LogP contribution in [0.5, 0.6) is 0 Å². The van der Waals surface area contributed by atoms with Crippen LogP contribution in [0.25, 0.3) is 0 Å².